The molecule has 0 aliphatic heterocycles. The fourth-order valence-corrected chi connectivity index (χ4v) is 3.60. The molecule has 0 saturated heterocycles. The minimum absolute atomic E-state index is 0.0931. The fraction of sp³-hybridized carbons (Fsp3) is 0. The van der Waals surface area contributed by atoms with Crippen molar-refractivity contribution in [2.24, 2.45) is 5.10 Å². The summed E-state index contributed by atoms with van der Waals surface area (Å²) in [7, 11) is 0. The third-order valence-electron chi connectivity index (χ3n) is 3.69. The van der Waals surface area contributed by atoms with Crippen LogP contribution in [0.4, 0.5) is 5.95 Å². The standard InChI is InChI=1S/C16H10Br2N6O2/c17-9-5-7(13(25)11(18)14(9)26)6-19-23-16-21-15-12(22-24-16)8-3-1-2-4-10(8)20-15/h1-6,25-26H,(H2,20,21,23,24)/b19-6-. The second-order valence-corrected chi connectivity index (χ2v) is 6.98. The van der Waals surface area contributed by atoms with Gasteiger partial charge in [-0.25, -0.2) is 5.43 Å². The first-order chi connectivity index (χ1) is 12.5. The lowest BCUT2D eigenvalue weighted by Crippen LogP contribution is -1.99. The number of halogens is 2. The van der Waals surface area contributed by atoms with Crippen molar-refractivity contribution >= 4 is 66.1 Å². The molecule has 2 aromatic heterocycles. The van der Waals surface area contributed by atoms with E-state index in [1.165, 1.54) is 12.3 Å². The van der Waals surface area contributed by atoms with Crippen LogP contribution in [-0.4, -0.2) is 36.6 Å². The van der Waals surface area contributed by atoms with Gasteiger partial charge in [0.25, 0.3) is 5.95 Å². The van der Waals surface area contributed by atoms with Crippen molar-refractivity contribution in [1.29, 1.82) is 0 Å². The van der Waals surface area contributed by atoms with E-state index in [1.54, 1.807) is 0 Å². The van der Waals surface area contributed by atoms with E-state index in [4.69, 9.17) is 0 Å². The van der Waals surface area contributed by atoms with E-state index in [2.05, 4.69) is 62.6 Å². The quantitative estimate of drug-likeness (QED) is 0.262. The van der Waals surface area contributed by atoms with Crippen LogP contribution < -0.4 is 5.43 Å². The van der Waals surface area contributed by atoms with Gasteiger partial charge in [0.2, 0.25) is 0 Å². The predicted octanol–water partition coefficient (Wildman–Crippen LogP) is 3.89. The zero-order chi connectivity index (χ0) is 18.3. The average molecular weight is 478 g/mol. The molecule has 0 aliphatic rings. The number of rotatable bonds is 3. The number of phenolic OH excluding ortho intramolecular Hbond substituents is 2. The molecule has 2 aromatic carbocycles. The maximum Gasteiger partial charge on any atom is 0.265 e. The second-order valence-electron chi connectivity index (χ2n) is 5.33. The molecule has 0 amide bonds. The van der Waals surface area contributed by atoms with Gasteiger partial charge in [-0.1, -0.05) is 18.2 Å². The molecule has 0 aliphatic carbocycles. The Balaban J connectivity index is 1.62. The van der Waals surface area contributed by atoms with Gasteiger partial charge in [0.05, 0.1) is 10.7 Å². The summed E-state index contributed by atoms with van der Waals surface area (Å²) in [5, 5.41) is 32.9. The van der Waals surface area contributed by atoms with Gasteiger partial charge in [0.1, 0.15) is 21.5 Å². The predicted molar refractivity (Wildman–Crippen MR) is 106 cm³/mol. The molecule has 0 fully saturated rings. The van der Waals surface area contributed by atoms with Gasteiger partial charge >= 0.3 is 0 Å². The highest BCUT2D eigenvalue weighted by Crippen LogP contribution is 2.40. The molecule has 130 valence electrons. The molecular formula is C16H10Br2N6O2. The number of aromatic amines is 1. The Morgan fingerprint density at radius 1 is 1.12 bits per heavy atom. The minimum atomic E-state index is -0.138. The molecule has 26 heavy (non-hydrogen) atoms. The van der Waals surface area contributed by atoms with Crippen LogP contribution in [-0.2, 0) is 0 Å². The van der Waals surface area contributed by atoms with Gasteiger partial charge in [-0.2, -0.15) is 10.1 Å². The van der Waals surface area contributed by atoms with Crippen LogP contribution in [0.2, 0.25) is 0 Å². The number of H-pyrrole nitrogens is 1. The van der Waals surface area contributed by atoms with Crippen LogP contribution in [0.5, 0.6) is 11.5 Å². The molecule has 0 radical (unpaired) electrons. The Morgan fingerprint density at radius 2 is 1.92 bits per heavy atom. The van der Waals surface area contributed by atoms with Crippen LogP contribution >= 0.6 is 31.9 Å². The third-order valence-corrected chi connectivity index (χ3v) is 5.04. The van der Waals surface area contributed by atoms with Crippen molar-refractivity contribution < 1.29 is 10.2 Å². The molecule has 0 saturated carbocycles. The second kappa shape index (κ2) is 6.54. The van der Waals surface area contributed by atoms with E-state index in [0.29, 0.717) is 21.2 Å². The third kappa shape index (κ3) is 2.86. The van der Waals surface area contributed by atoms with Crippen LogP contribution in [0, 0.1) is 0 Å². The number of aromatic hydroxyl groups is 2. The van der Waals surface area contributed by atoms with E-state index < -0.39 is 0 Å². The van der Waals surface area contributed by atoms with Gasteiger partial charge in [-0.05, 0) is 44.0 Å². The van der Waals surface area contributed by atoms with Crippen LogP contribution in [0.25, 0.3) is 22.1 Å². The molecule has 10 heteroatoms. The molecule has 4 rings (SSSR count). The molecular weight excluding hydrogens is 468 g/mol. The highest BCUT2D eigenvalue weighted by atomic mass is 79.9. The van der Waals surface area contributed by atoms with E-state index in [9.17, 15) is 10.2 Å². The van der Waals surface area contributed by atoms with E-state index in [1.807, 2.05) is 24.3 Å². The van der Waals surface area contributed by atoms with E-state index in [-0.39, 0.29) is 21.9 Å². The first kappa shape index (κ1) is 16.7. The number of nitrogens with one attached hydrogen (secondary N) is 2. The summed E-state index contributed by atoms with van der Waals surface area (Å²) < 4.78 is 0.590. The fourth-order valence-electron chi connectivity index (χ4n) is 2.44. The molecule has 4 aromatic rings. The number of hydrogen-bond donors (Lipinski definition) is 4. The van der Waals surface area contributed by atoms with Gasteiger partial charge in [0.15, 0.2) is 5.65 Å². The summed E-state index contributed by atoms with van der Waals surface area (Å²) >= 11 is 6.31. The number of nitrogens with zero attached hydrogens (tertiary/aromatic N) is 4. The van der Waals surface area contributed by atoms with E-state index >= 15 is 0 Å². The summed E-state index contributed by atoms with van der Waals surface area (Å²) in [6.07, 6.45) is 1.38. The Labute approximate surface area is 163 Å². The first-order valence-electron chi connectivity index (χ1n) is 7.34. The number of fused-ring (bicyclic) bond motifs is 3. The molecule has 0 spiro atoms. The average Bonchev–Trinajstić information content (AvgIpc) is 3.02. The molecule has 4 N–H and O–H groups in total. The normalized spacial score (nSPS) is 11.6. The molecule has 8 nitrogen and oxygen atoms in total. The van der Waals surface area contributed by atoms with E-state index in [0.717, 1.165) is 10.9 Å². The number of benzene rings is 2. The Kier molecular flexibility index (Phi) is 4.21. The van der Waals surface area contributed by atoms with Gasteiger partial charge in [0, 0.05) is 16.5 Å². The Bertz CT molecular complexity index is 1170. The van der Waals surface area contributed by atoms with Gasteiger partial charge in [-0.3, -0.25) is 0 Å². The summed E-state index contributed by atoms with van der Waals surface area (Å²) in [6.45, 7) is 0. The summed E-state index contributed by atoms with van der Waals surface area (Å²) in [5.41, 5.74) is 5.25. The van der Waals surface area contributed by atoms with Gasteiger partial charge in [-0.15, -0.1) is 10.2 Å². The van der Waals surface area contributed by atoms with Crippen molar-refractivity contribution in [3.05, 3.63) is 44.8 Å². The number of hydrogen-bond acceptors (Lipinski definition) is 7. The van der Waals surface area contributed by atoms with Crippen LogP contribution in [0.3, 0.4) is 0 Å². The summed E-state index contributed by atoms with van der Waals surface area (Å²) in [5.74, 6) is -0.0255. The Morgan fingerprint density at radius 3 is 2.77 bits per heavy atom. The summed E-state index contributed by atoms with van der Waals surface area (Å²) in [4.78, 5) is 7.51. The highest BCUT2D eigenvalue weighted by molar-refractivity contribution is 9.11. The number of aromatic nitrogens is 4. The number of phenols is 2. The lowest BCUT2D eigenvalue weighted by molar-refractivity contribution is 0.442. The number of anilines is 1. The number of hydrazone groups is 1. The van der Waals surface area contributed by atoms with Crippen molar-refractivity contribution in [2.75, 3.05) is 5.43 Å². The zero-order valence-corrected chi connectivity index (χ0v) is 16.1. The van der Waals surface area contributed by atoms with Crippen molar-refractivity contribution in [3.63, 3.8) is 0 Å². The first-order valence-corrected chi connectivity index (χ1v) is 8.93. The molecule has 0 atom stereocenters. The van der Waals surface area contributed by atoms with Crippen molar-refractivity contribution in [3.8, 4) is 11.5 Å². The molecule has 0 bridgehead atoms. The number of para-hydroxylation sites is 1. The lowest BCUT2D eigenvalue weighted by atomic mass is 10.2. The maximum absolute atomic E-state index is 10.0. The summed E-state index contributed by atoms with van der Waals surface area (Å²) in [6, 6.07) is 9.26. The maximum atomic E-state index is 10.0. The van der Waals surface area contributed by atoms with Crippen LogP contribution in [0.1, 0.15) is 5.56 Å². The highest BCUT2D eigenvalue weighted by Gasteiger charge is 2.13. The van der Waals surface area contributed by atoms with Crippen molar-refractivity contribution in [2.45, 2.75) is 0 Å². The van der Waals surface area contributed by atoms with Gasteiger partial charge < -0.3 is 15.2 Å². The molecule has 0 unspecified atom stereocenters. The molecule has 2 heterocycles. The smallest absolute Gasteiger partial charge is 0.265 e. The van der Waals surface area contributed by atoms with Crippen molar-refractivity contribution in [1.82, 2.24) is 20.2 Å². The minimum Gasteiger partial charge on any atom is -0.506 e. The Hall–Kier alpha value is -2.72. The monoisotopic (exact) mass is 476 g/mol. The lowest BCUT2D eigenvalue weighted by Gasteiger charge is -2.06. The largest absolute Gasteiger partial charge is 0.506 e. The topological polar surface area (TPSA) is 119 Å². The SMILES string of the molecule is Oc1c(Br)cc(/C=N\Nc2nnc3c(n2)[nH]c2ccccc23)c(O)c1Br. The zero-order valence-electron chi connectivity index (χ0n) is 12.9. The van der Waals surface area contributed by atoms with Crippen LogP contribution in [0.15, 0.2) is 44.4 Å².